The maximum Gasteiger partial charge on any atom is 0.253 e. The number of amides is 2. The molecule has 0 unspecified atom stereocenters. The van der Waals surface area contributed by atoms with E-state index in [1.807, 2.05) is 38.1 Å². The third-order valence-corrected chi connectivity index (χ3v) is 4.40. The van der Waals surface area contributed by atoms with Gasteiger partial charge in [0.2, 0.25) is 5.91 Å². The lowest BCUT2D eigenvalue weighted by Crippen LogP contribution is -2.33. The minimum atomic E-state index is -0.353. The fourth-order valence-corrected chi connectivity index (χ4v) is 2.84. The van der Waals surface area contributed by atoms with E-state index in [1.165, 1.54) is 6.08 Å². The molecule has 2 aromatic carbocycles. The summed E-state index contributed by atoms with van der Waals surface area (Å²) in [6, 6.07) is 14.3. The van der Waals surface area contributed by atoms with Crippen LogP contribution in [0, 0.1) is 0 Å². The fourth-order valence-electron chi connectivity index (χ4n) is 2.63. The summed E-state index contributed by atoms with van der Waals surface area (Å²) in [5.74, 6) is 0.350. The Morgan fingerprint density at radius 2 is 1.79 bits per heavy atom. The van der Waals surface area contributed by atoms with Crippen molar-refractivity contribution in [3.05, 3.63) is 65.7 Å². The first-order chi connectivity index (χ1) is 14.0. The van der Waals surface area contributed by atoms with Crippen LogP contribution in [-0.4, -0.2) is 42.0 Å². The average Bonchev–Trinajstić information content (AvgIpc) is 2.73. The van der Waals surface area contributed by atoms with E-state index in [0.717, 1.165) is 11.3 Å². The number of hydrogen-bond acceptors (Lipinski definition) is 4. The molecule has 0 saturated heterocycles. The summed E-state index contributed by atoms with van der Waals surface area (Å²) < 4.78 is 5.10. The SMILES string of the molecule is CCN(CC)C(=O)c1cccc(NC(=S)NC(=O)/C=C/c2ccc(OC)cc2)c1. The second kappa shape index (κ2) is 11.0. The lowest BCUT2D eigenvalue weighted by atomic mass is 10.1. The van der Waals surface area contributed by atoms with Gasteiger partial charge in [0.1, 0.15) is 5.75 Å². The van der Waals surface area contributed by atoms with Crippen LogP contribution in [0.15, 0.2) is 54.6 Å². The van der Waals surface area contributed by atoms with Crippen molar-refractivity contribution in [2.24, 2.45) is 0 Å². The highest BCUT2D eigenvalue weighted by molar-refractivity contribution is 7.80. The molecule has 2 N–H and O–H groups in total. The number of ether oxygens (including phenoxy) is 1. The summed E-state index contributed by atoms with van der Waals surface area (Å²) in [6.07, 6.45) is 3.08. The quantitative estimate of drug-likeness (QED) is 0.537. The molecule has 2 amide bonds. The summed E-state index contributed by atoms with van der Waals surface area (Å²) in [6.45, 7) is 5.16. The van der Waals surface area contributed by atoms with Gasteiger partial charge in [-0.1, -0.05) is 18.2 Å². The molecule has 0 aliphatic heterocycles. The molecule has 0 heterocycles. The Morgan fingerprint density at radius 3 is 2.41 bits per heavy atom. The van der Waals surface area contributed by atoms with E-state index < -0.39 is 0 Å². The maximum atomic E-state index is 12.5. The highest BCUT2D eigenvalue weighted by Crippen LogP contribution is 2.14. The number of benzene rings is 2. The van der Waals surface area contributed by atoms with Crippen LogP contribution >= 0.6 is 12.2 Å². The summed E-state index contributed by atoms with van der Waals surface area (Å²) in [7, 11) is 1.60. The molecule has 2 aromatic rings. The van der Waals surface area contributed by atoms with Crippen molar-refractivity contribution < 1.29 is 14.3 Å². The van der Waals surface area contributed by atoms with E-state index in [0.29, 0.717) is 24.3 Å². The summed E-state index contributed by atoms with van der Waals surface area (Å²) in [5, 5.41) is 5.68. The monoisotopic (exact) mass is 411 g/mol. The van der Waals surface area contributed by atoms with Crippen LogP contribution in [0.25, 0.3) is 6.08 Å². The molecule has 29 heavy (non-hydrogen) atoms. The smallest absolute Gasteiger partial charge is 0.253 e. The van der Waals surface area contributed by atoms with Gasteiger partial charge in [-0.15, -0.1) is 0 Å². The van der Waals surface area contributed by atoms with Crippen LogP contribution in [0.1, 0.15) is 29.8 Å². The average molecular weight is 412 g/mol. The zero-order valence-corrected chi connectivity index (χ0v) is 17.6. The summed E-state index contributed by atoms with van der Waals surface area (Å²) in [4.78, 5) is 26.3. The molecule has 152 valence electrons. The minimum absolute atomic E-state index is 0.0453. The molecule has 0 radical (unpaired) electrons. The van der Waals surface area contributed by atoms with E-state index in [-0.39, 0.29) is 16.9 Å². The Labute approximate surface area is 176 Å². The molecule has 2 rings (SSSR count). The van der Waals surface area contributed by atoms with Crippen molar-refractivity contribution in [1.82, 2.24) is 10.2 Å². The Hall–Kier alpha value is -3.19. The van der Waals surface area contributed by atoms with Gasteiger partial charge in [0.25, 0.3) is 5.91 Å². The number of nitrogens with zero attached hydrogens (tertiary/aromatic N) is 1. The largest absolute Gasteiger partial charge is 0.497 e. The molecule has 0 aromatic heterocycles. The first-order valence-corrected chi connectivity index (χ1v) is 9.71. The molecular weight excluding hydrogens is 386 g/mol. The molecule has 7 heteroatoms. The number of methoxy groups -OCH3 is 1. The zero-order chi connectivity index (χ0) is 21.2. The Kier molecular flexibility index (Phi) is 8.36. The number of nitrogens with one attached hydrogen (secondary N) is 2. The molecule has 0 spiro atoms. The normalized spacial score (nSPS) is 10.4. The van der Waals surface area contributed by atoms with E-state index in [4.69, 9.17) is 17.0 Å². The Balaban J connectivity index is 1.94. The van der Waals surface area contributed by atoms with Gasteiger partial charge in [-0.2, -0.15) is 0 Å². The van der Waals surface area contributed by atoms with Gasteiger partial charge < -0.3 is 15.0 Å². The highest BCUT2D eigenvalue weighted by atomic mass is 32.1. The van der Waals surface area contributed by atoms with Crippen LogP contribution in [0.4, 0.5) is 5.69 Å². The lowest BCUT2D eigenvalue weighted by molar-refractivity contribution is -0.115. The first-order valence-electron chi connectivity index (χ1n) is 9.30. The third kappa shape index (κ3) is 6.73. The standard InChI is InChI=1S/C22H25N3O3S/c1-4-25(5-2)21(27)17-7-6-8-18(15-17)23-22(29)24-20(26)14-11-16-9-12-19(28-3)13-10-16/h6-15H,4-5H2,1-3H3,(H2,23,24,26,29)/b14-11+. The van der Waals surface area contributed by atoms with Crippen LogP contribution in [0.2, 0.25) is 0 Å². The van der Waals surface area contributed by atoms with Crippen molar-refractivity contribution in [3.8, 4) is 5.75 Å². The second-order valence-corrected chi connectivity index (χ2v) is 6.52. The van der Waals surface area contributed by atoms with Gasteiger partial charge in [-0.05, 0) is 68.0 Å². The predicted molar refractivity (Wildman–Crippen MR) is 120 cm³/mol. The highest BCUT2D eigenvalue weighted by Gasteiger charge is 2.13. The van der Waals surface area contributed by atoms with Gasteiger partial charge in [0, 0.05) is 30.4 Å². The molecule has 0 aliphatic rings. The molecule has 6 nitrogen and oxygen atoms in total. The molecular formula is C22H25N3O3S. The number of rotatable bonds is 7. The second-order valence-electron chi connectivity index (χ2n) is 6.11. The predicted octanol–water partition coefficient (Wildman–Crippen LogP) is 3.70. The number of anilines is 1. The molecule has 0 fully saturated rings. The number of carbonyl (C=O) groups excluding carboxylic acids is 2. The molecule has 0 atom stereocenters. The molecule has 0 saturated carbocycles. The Morgan fingerprint density at radius 1 is 1.10 bits per heavy atom. The van der Waals surface area contributed by atoms with Gasteiger partial charge in [0.15, 0.2) is 5.11 Å². The third-order valence-electron chi connectivity index (χ3n) is 4.20. The van der Waals surface area contributed by atoms with Crippen molar-refractivity contribution in [2.45, 2.75) is 13.8 Å². The van der Waals surface area contributed by atoms with E-state index in [1.54, 1.807) is 42.4 Å². The van der Waals surface area contributed by atoms with Gasteiger partial charge in [0.05, 0.1) is 7.11 Å². The minimum Gasteiger partial charge on any atom is -0.497 e. The van der Waals surface area contributed by atoms with Crippen LogP contribution in [0.5, 0.6) is 5.75 Å². The van der Waals surface area contributed by atoms with Crippen molar-refractivity contribution >= 4 is 40.9 Å². The number of hydrogen-bond donors (Lipinski definition) is 2. The maximum absolute atomic E-state index is 12.5. The summed E-state index contributed by atoms with van der Waals surface area (Å²) in [5.41, 5.74) is 2.06. The van der Waals surface area contributed by atoms with Crippen molar-refractivity contribution in [1.29, 1.82) is 0 Å². The topological polar surface area (TPSA) is 70.7 Å². The van der Waals surface area contributed by atoms with Crippen LogP contribution < -0.4 is 15.4 Å². The fraction of sp³-hybridized carbons (Fsp3) is 0.227. The number of thiocarbonyl (C=S) groups is 1. The lowest BCUT2D eigenvalue weighted by Gasteiger charge is -2.19. The van der Waals surface area contributed by atoms with Gasteiger partial charge >= 0.3 is 0 Å². The van der Waals surface area contributed by atoms with Gasteiger partial charge in [-0.3, -0.25) is 14.9 Å². The first kappa shape index (κ1) is 22.1. The zero-order valence-electron chi connectivity index (χ0n) is 16.8. The van der Waals surface area contributed by atoms with Crippen molar-refractivity contribution in [3.63, 3.8) is 0 Å². The molecule has 0 aliphatic carbocycles. The van der Waals surface area contributed by atoms with E-state index in [9.17, 15) is 9.59 Å². The van der Waals surface area contributed by atoms with E-state index >= 15 is 0 Å². The van der Waals surface area contributed by atoms with Crippen LogP contribution in [-0.2, 0) is 4.79 Å². The van der Waals surface area contributed by atoms with Gasteiger partial charge in [-0.25, -0.2) is 0 Å². The number of carbonyl (C=O) groups is 2. The van der Waals surface area contributed by atoms with Crippen molar-refractivity contribution in [2.75, 3.05) is 25.5 Å². The van der Waals surface area contributed by atoms with Crippen LogP contribution in [0.3, 0.4) is 0 Å². The Bertz CT molecular complexity index is 890. The summed E-state index contributed by atoms with van der Waals surface area (Å²) >= 11 is 5.19. The molecule has 0 bridgehead atoms. The van der Waals surface area contributed by atoms with E-state index in [2.05, 4.69) is 10.6 Å².